The fourth-order valence-electron chi connectivity index (χ4n) is 2.58. The molecule has 0 radical (unpaired) electrons. The number of H-pyrrole nitrogens is 1. The van der Waals surface area contributed by atoms with Crippen LogP contribution in [0.1, 0.15) is 41.9 Å². The number of carbonyl (C=O) groups excluding carboxylic acids is 1. The minimum absolute atomic E-state index is 0.340. The van der Waals surface area contributed by atoms with E-state index in [4.69, 9.17) is 4.74 Å². The molecule has 6 heteroatoms. The van der Waals surface area contributed by atoms with Gasteiger partial charge in [0.1, 0.15) is 11.4 Å². The number of amides is 1. The van der Waals surface area contributed by atoms with Crippen LogP contribution in [0.5, 0.6) is 5.75 Å². The molecule has 2 aromatic carbocycles. The molecule has 144 valence electrons. The van der Waals surface area contributed by atoms with Crippen molar-refractivity contribution in [3.8, 4) is 17.0 Å². The topological polar surface area (TPSA) is 79.4 Å². The smallest absolute Gasteiger partial charge is 0.289 e. The molecule has 0 aliphatic carbocycles. The number of aromatic nitrogens is 2. The molecule has 0 fully saturated rings. The largest absolute Gasteiger partial charge is 0.494 e. The number of benzene rings is 2. The molecule has 28 heavy (non-hydrogen) atoms. The summed E-state index contributed by atoms with van der Waals surface area (Å²) in [5, 5.41) is 11.2. The van der Waals surface area contributed by atoms with Crippen LogP contribution >= 0.6 is 0 Å². The van der Waals surface area contributed by atoms with Crippen molar-refractivity contribution in [2.24, 2.45) is 5.10 Å². The number of hydrogen-bond donors (Lipinski definition) is 2. The Morgan fingerprint density at radius 1 is 1.14 bits per heavy atom. The van der Waals surface area contributed by atoms with E-state index in [0.717, 1.165) is 29.0 Å². The SMILES string of the molecule is CCCOc1ccc(-c2cc(C(=O)N/N=C(\C)c3ccc(C)cc3)[nH]n2)cc1. The number of aryl methyl sites for hydroxylation is 1. The van der Waals surface area contributed by atoms with Crippen molar-refractivity contribution in [1.29, 1.82) is 0 Å². The molecule has 0 saturated carbocycles. The van der Waals surface area contributed by atoms with Gasteiger partial charge in [-0.3, -0.25) is 9.89 Å². The number of rotatable bonds is 7. The molecule has 0 atom stereocenters. The lowest BCUT2D eigenvalue weighted by atomic mass is 10.1. The van der Waals surface area contributed by atoms with Crippen molar-refractivity contribution in [2.75, 3.05) is 6.61 Å². The first kappa shape index (κ1) is 19.4. The lowest BCUT2D eigenvalue weighted by molar-refractivity contribution is 0.0950. The Bertz CT molecular complexity index is 957. The van der Waals surface area contributed by atoms with Crippen LogP contribution in [0.4, 0.5) is 0 Å². The van der Waals surface area contributed by atoms with Crippen LogP contribution in [0.3, 0.4) is 0 Å². The first-order valence-corrected chi connectivity index (χ1v) is 9.27. The van der Waals surface area contributed by atoms with Gasteiger partial charge in [-0.25, -0.2) is 5.43 Å². The van der Waals surface area contributed by atoms with Gasteiger partial charge in [0.15, 0.2) is 0 Å². The second kappa shape index (κ2) is 8.99. The average Bonchev–Trinajstić information content (AvgIpc) is 3.21. The number of nitrogens with zero attached hydrogens (tertiary/aromatic N) is 2. The van der Waals surface area contributed by atoms with E-state index in [2.05, 4.69) is 27.6 Å². The number of hydrogen-bond acceptors (Lipinski definition) is 4. The Morgan fingerprint density at radius 2 is 1.86 bits per heavy atom. The van der Waals surface area contributed by atoms with Crippen LogP contribution in [-0.4, -0.2) is 28.4 Å². The number of hydrazone groups is 1. The molecule has 0 aliphatic rings. The zero-order valence-corrected chi connectivity index (χ0v) is 16.3. The Labute approximate surface area is 164 Å². The maximum absolute atomic E-state index is 12.3. The van der Waals surface area contributed by atoms with Crippen molar-refractivity contribution >= 4 is 11.6 Å². The monoisotopic (exact) mass is 376 g/mol. The maximum Gasteiger partial charge on any atom is 0.289 e. The zero-order valence-electron chi connectivity index (χ0n) is 16.3. The van der Waals surface area contributed by atoms with E-state index in [-0.39, 0.29) is 5.91 Å². The van der Waals surface area contributed by atoms with Gasteiger partial charge in [0.2, 0.25) is 0 Å². The maximum atomic E-state index is 12.3. The summed E-state index contributed by atoms with van der Waals surface area (Å²) in [6.07, 6.45) is 0.964. The molecular formula is C22H24N4O2. The summed E-state index contributed by atoms with van der Waals surface area (Å²) in [5.74, 6) is 0.480. The Balaban J connectivity index is 1.65. The predicted octanol–water partition coefficient (Wildman–Crippen LogP) is 4.33. The van der Waals surface area contributed by atoms with E-state index in [1.165, 1.54) is 5.56 Å². The standard InChI is InChI=1S/C22H24N4O2/c1-4-13-28-19-11-9-18(10-12-19)20-14-21(25-24-20)22(27)26-23-16(3)17-7-5-15(2)6-8-17/h5-12,14H,4,13H2,1-3H3,(H,24,25)(H,26,27)/b23-16+. The summed E-state index contributed by atoms with van der Waals surface area (Å²) in [7, 11) is 0. The molecule has 2 N–H and O–H groups in total. The Kier molecular flexibility index (Phi) is 6.22. The van der Waals surface area contributed by atoms with Gasteiger partial charge in [-0.15, -0.1) is 0 Å². The van der Waals surface area contributed by atoms with Crippen molar-refractivity contribution in [2.45, 2.75) is 27.2 Å². The highest BCUT2D eigenvalue weighted by Gasteiger charge is 2.11. The zero-order chi connectivity index (χ0) is 19.9. The van der Waals surface area contributed by atoms with E-state index in [1.807, 2.05) is 62.4 Å². The highest BCUT2D eigenvalue weighted by atomic mass is 16.5. The van der Waals surface area contributed by atoms with Gasteiger partial charge in [-0.1, -0.05) is 36.8 Å². The van der Waals surface area contributed by atoms with Crippen LogP contribution in [0.15, 0.2) is 59.7 Å². The van der Waals surface area contributed by atoms with Gasteiger partial charge >= 0.3 is 0 Å². The quantitative estimate of drug-likeness (QED) is 0.476. The fraction of sp³-hybridized carbons (Fsp3) is 0.227. The second-order valence-electron chi connectivity index (χ2n) is 6.54. The van der Waals surface area contributed by atoms with Crippen LogP contribution < -0.4 is 10.2 Å². The van der Waals surface area contributed by atoms with Crippen LogP contribution in [-0.2, 0) is 0 Å². The van der Waals surface area contributed by atoms with Gasteiger partial charge in [0, 0.05) is 5.56 Å². The van der Waals surface area contributed by atoms with Gasteiger partial charge in [0.25, 0.3) is 5.91 Å². The number of aromatic amines is 1. The summed E-state index contributed by atoms with van der Waals surface area (Å²) in [4.78, 5) is 12.3. The van der Waals surface area contributed by atoms with Gasteiger partial charge in [-0.2, -0.15) is 10.2 Å². The normalized spacial score (nSPS) is 11.3. The molecule has 1 amide bonds. The molecule has 6 nitrogen and oxygen atoms in total. The second-order valence-corrected chi connectivity index (χ2v) is 6.54. The molecule has 0 saturated heterocycles. The van der Waals surface area contributed by atoms with Crippen molar-refractivity contribution in [3.63, 3.8) is 0 Å². The fourth-order valence-corrected chi connectivity index (χ4v) is 2.58. The van der Waals surface area contributed by atoms with Crippen molar-refractivity contribution in [3.05, 3.63) is 71.4 Å². The van der Waals surface area contributed by atoms with Gasteiger partial charge < -0.3 is 4.74 Å². The lowest BCUT2D eigenvalue weighted by Crippen LogP contribution is -2.19. The summed E-state index contributed by atoms with van der Waals surface area (Å²) < 4.78 is 5.58. The minimum Gasteiger partial charge on any atom is -0.494 e. The first-order valence-electron chi connectivity index (χ1n) is 9.27. The summed E-state index contributed by atoms with van der Waals surface area (Å²) in [6.45, 7) is 6.64. The van der Waals surface area contributed by atoms with E-state index in [1.54, 1.807) is 6.07 Å². The first-order chi connectivity index (χ1) is 13.6. The lowest BCUT2D eigenvalue weighted by Gasteiger charge is -2.04. The van der Waals surface area contributed by atoms with Gasteiger partial charge in [0.05, 0.1) is 18.0 Å². The molecule has 0 unspecified atom stereocenters. The van der Waals surface area contributed by atoms with Crippen LogP contribution in [0.25, 0.3) is 11.3 Å². The molecule has 1 heterocycles. The van der Waals surface area contributed by atoms with Crippen molar-refractivity contribution < 1.29 is 9.53 Å². The number of nitrogens with one attached hydrogen (secondary N) is 2. The number of ether oxygens (including phenoxy) is 1. The van der Waals surface area contributed by atoms with E-state index < -0.39 is 0 Å². The summed E-state index contributed by atoms with van der Waals surface area (Å²) in [6, 6.07) is 17.3. The molecule has 0 bridgehead atoms. The summed E-state index contributed by atoms with van der Waals surface area (Å²) >= 11 is 0. The van der Waals surface area contributed by atoms with Gasteiger partial charge in [-0.05, 0) is 56.2 Å². The van der Waals surface area contributed by atoms with E-state index in [0.29, 0.717) is 18.0 Å². The molecule has 0 spiro atoms. The average molecular weight is 376 g/mol. The molecule has 3 rings (SSSR count). The van der Waals surface area contributed by atoms with Crippen LogP contribution in [0.2, 0.25) is 0 Å². The van der Waals surface area contributed by atoms with Crippen molar-refractivity contribution in [1.82, 2.24) is 15.6 Å². The minimum atomic E-state index is -0.340. The third kappa shape index (κ3) is 4.85. The molecule has 1 aromatic heterocycles. The molecule has 3 aromatic rings. The molecule has 0 aliphatic heterocycles. The predicted molar refractivity (Wildman–Crippen MR) is 111 cm³/mol. The molecular weight excluding hydrogens is 352 g/mol. The summed E-state index contributed by atoms with van der Waals surface area (Å²) in [5.41, 5.74) is 7.37. The Hall–Kier alpha value is -3.41. The highest BCUT2D eigenvalue weighted by molar-refractivity contribution is 6.00. The third-order valence-corrected chi connectivity index (χ3v) is 4.24. The third-order valence-electron chi connectivity index (χ3n) is 4.24. The van der Waals surface area contributed by atoms with Crippen LogP contribution in [0, 0.1) is 6.92 Å². The highest BCUT2D eigenvalue weighted by Crippen LogP contribution is 2.21. The Morgan fingerprint density at radius 3 is 2.54 bits per heavy atom. The number of carbonyl (C=O) groups is 1. The van der Waals surface area contributed by atoms with E-state index in [9.17, 15) is 4.79 Å². The van der Waals surface area contributed by atoms with E-state index >= 15 is 0 Å².